The minimum absolute atomic E-state index is 0.0202. The number of esters is 2. The first-order valence-corrected chi connectivity index (χ1v) is 14.5. The number of rotatable bonds is 11. The van der Waals surface area contributed by atoms with E-state index in [4.69, 9.17) is 30.1 Å². The lowest BCUT2D eigenvalue weighted by molar-refractivity contribution is -0.153. The van der Waals surface area contributed by atoms with Gasteiger partial charge >= 0.3 is 24.1 Å². The third-order valence-electron chi connectivity index (χ3n) is 6.84. The van der Waals surface area contributed by atoms with Crippen LogP contribution in [0.3, 0.4) is 0 Å². The van der Waals surface area contributed by atoms with Gasteiger partial charge in [0.1, 0.15) is 31.8 Å². The van der Waals surface area contributed by atoms with E-state index in [-0.39, 0.29) is 31.1 Å². The van der Waals surface area contributed by atoms with E-state index in [9.17, 15) is 19.2 Å². The maximum atomic E-state index is 13.5. The van der Waals surface area contributed by atoms with E-state index in [0.717, 1.165) is 12.0 Å². The first-order valence-electron chi connectivity index (χ1n) is 14.5. The summed E-state index contributed by atoms with van der Waals surface area (Å²) in [6.07, 6.45) is -2.01. The number of nitrogens with one attached hydrogen (secondary N) is 2. The SMILES string of the molecule is COC(=O)C(N)C(C(=O)OCc1ccccc1)c1cccc(N(C(=N)NC(=O)OCc2ccccc2)C(=O)OCc2ccccc2)c1. The first kappa shape index (κ1) is 33.9. The summed E-state index contributed by atoms with van der Waals surface area (Å²) in [5.74, 6) is -3.74. The molecule has 0 aliphatic carbocycles. The van der Waals surface area contributed by atoms with Crippen LogP contribution in [0.4, 0.5) is 15.3 Å². The summed E-state index contributed by atoms with van der Waals surface area (Å²) < 4.78 is 21.0. The molecule has 2 unspecified atom stereocenters. The van der Waals surface area contributed by atoms with Crippen LogP contribution in [0, 0.1) is 5.41 Å². The number of nitrogens with zero attached hydrogens (tertiary/aromatic N) is 1. The Kier molecular flexibility index (Phi) is 12.2. The largest absolute Gasteiger partial charge is 0.468 e. The fraction of sp³-hybridized carbons (Fsp3) is 0.171. The van der Waals surface area contributed by atoms with Crippen molar-refractivity contribution in [2.45, 2.75) is 31.8 Å². The van der Waals surface area contributed by atoms with Gasteiger partial charge in [-0.1, -0.05) is 103 Å². The van der Waals surface area contributed by atoms with Gasteiger partial charge in [-0.25, -0.2) is 14.5 Å². The molecule has 0 spiro atoms. The van der Waals surface area contributed by atoms with Crippen LogP contribution in [-0.2, 0) is 48.4 Å². The lowest BCUT2D eigenvalue weighted by atomic mass is 9.91. The molecule has 0 aliphatic rings. The highest BCUT2D eigenvalue weighted by atomic mass is 16.6. The maximum absolute atomic E-state index is 13.5. The van der Waals surface area contributed by atoms with Crippen molar-refractivity contribution < 1.29 is 38.1 Å². The number of hydrogen-bond acceptors (Lipinski definition) is 10. The minimum atomic E-state index is -1.47. The zero-order valence-electron chi connectivity index (χ0n) is 25.5. The molecule has 0 aliphatic heterocycles. The Morgan fingerprint density at radius 2 is 1.21 bits per heavy atom. The van der Waals surface area contributed by atoms with Crippen LogP contribution in [0.25, 0.3) is 0 Å². The molecule has 2 amide bonds. The van der Waals surface area contributed by atoms with E-state index in [0.29, 0.717) is 16.7 Å². The monoisotopic (exact) mass is 638 g/mol. The van der Waals surface area contributed by atoms with Crippen LogP contribution >= 0.6 is 0 Å². The predicted octanol–water partition coefficient (Wildman–Crippen LogP) is 5.02. The van der Waals surface area contributed by atoms with Crippen molar-refractivity contribution in [3.8, 4) is 0 Å². The van der Waals surface area contributed by atoms with Crippen molar-refractivity contribution in [2.24, 2.45) is 5.73 Å². The molecule has 12 heteroatoms. The van der Waals surface area contributed by atoms with E-state index < -0.39 is 42.0 Å². The second-order valence-electron chi connectivity index (χ2n) is 10.1. The molecule has 0 saturated carbocycles. The van der Waals surface area contributed by atoms with Crippen LogP contribution in [-0.4, -0.2) is 43.2 Å². The molecule has 4 rings (SSSR count). The molecule has 0 aromatic heterocycles. The van der Waals surface area contributed by atoms with Gasteiger partial charge in [0, 0.05) is 0 Å². The Balaban J connectivity index is 1.60. The zero-order valence-corrected chi connectivity index (χ0v) is 25.5. The molecular weight excluding hydrogens is 604 g/mol. The Labute approximate surface area is 271 Å². The maximum Gasteiger partial charge on any atom is 0.421 e. The normalized spacial score (nSPS) is 11.7. The highest BCUT2D eigenvalue weighted by Gasteiger charge is 2.35. The van der Waals surface area contributed by atoms with Crippen molar-refractivity contribution in [1.29, 1.82) is 5.41 Å². The van der Waals surface area contributed by atoms with Gasteiger partial charge in [-0.15, -0.1) is 0 Å². The van der Waals surface area contributed by atoms with E-state index >= 15 is 0 Å². The Morgan fingerprint density at radius 3 is 1.74 bits per heavy atom. The highest BCUT2D eigenvalue weighted by Crippen LogP contribution is 2.27. The molecular formula is C35H34N4O8. The van der Waals surface area contributed by atoms with Gasteiger partial charge < -0.3 is 24.7 Å². The standard InChI is InChI=1S/C35H34N4O8/c1-44-32(41)30(36)29(31(40)45-21-24-12-5-2-6-13-24)27-18-11-19-28(20-27)39(35(43)47-23-26-16-9-4-10-17-26)33(37)38-34(42)46-22-25-14-7-3-8-15-25/h2-20,29-30H,21-23,36H2,1H3,(H2,37,38,42). The summed E-state index contributed by atoms with van der Waals surface area (Å²) in [5.41, 5.74) is 8.49. The summed E-state index contributed by atoms with van der Waals surface area (Å²) in [4.78, 5) is 52.8. The molecule has 12 nitrogen and oxygen atoms in total. The van der Waals surface area contributed by atoms with Crippen LogP contribution in [0.5, 0.6) is 0 Å². The minimum Gasteiger partial charge on any atom is -0.468 e. The number of carbonyl (C=O) groups excluding carboxylic acids is 4. The molecule has 4 aromatic rings. The van der Waals surface area contributed by atoms with Gasteiger partial charge in [0.2, 0.25) is 5.96 Å². The number of methoxy groups -OCH3 is 1. The number of nitrogens with two attached hydrogens (primary N) is 1. The van der Waals surface area contributed by atoms with E-state index in [1.807, 2.05) is 18.2 Å². The van der Waals surface area contributed by atoms with Crippen molar-refractivity contribution >= 4 is 35.8 Å². The van der Waals surface area contributed by atoms with Gasteiger partial charge in [0.05, 0.1) is 12.8 Å². The van der Waals surface area contributed by atoms with Crippen LogP contribution in [0.15, 0.2) is 115 Å². The molecule has 4 aromatic carbocycles. The highest BCUT2D eigenvalue weighted by molar-refractivity contribution is 6.16. The number of anilines is 1. The summed E-state index contributed by atoms with van der Waals surface area (Å²) in [6.45, 7) is -0.295. The Hall–Kier alpha value is -6.01. The number of benzene rings is 4. The summed E-state index contributed by atoms with van der Waals surface area (Å²) in [5, 5.41) is 10.9. The Bertz CT molecular complexity index is 1670. The van der Waals surface area contributed by atoms with Crippen LogP contribution in [0.2, 0.25) is 0 Å². The molecule has 4 N–H and O–H groups in total. The van der Waals surface area contributed by atoms with Crippen molar-refractivity contribution in [1.82, 2.24) is 5.32 Å². The lowest BCUT2D eigenvalue weighted by Crippen LogP contribution is -2.47. The summed E-state index contributed by atoms with van der Waals surface area (Å²) in [6, 6.07) is 31.1. The summed E-state index contributed by atoms with van der Waals surface area (Å²) >= 11 is 0. The zero-order chi connectivity index (χ0) is 33.6. The molecule has 0 heterocycles. The third-order valence-corrected chi connectivity index (χ3v) is 6.84. The molecule has 242 valence electrons. The molecule has 0 fully saturated rings. The van der Waals surface area contributed by atoms with Crippen LogP contribution < -0.4 is 16.0 Å². The van der Waals surface area contributed by atoms with Crippen molar-refractivity contribution in [3.05, 3.63) is 138 Å². The van der Waals surface area contributed by atoms with Gasteiger partial charge in [-0.3, -0.25) is 20.3 Å². The molecule has 47 heavy (non-hydrogen) atoms. The van der Waals surface area contributed by atoms with Gasteiger partial charge in [0.15, 0.2) is 0 Å². The fourth-order valence-electron chi connectivity index (χ4n) is 4.46. The number of hydrogen-bond donors (Lipinski definition) is 3. The average Bonchev–Trinajstić information content (AvgIpc) is 3.10. The molecule has 0 saturated heterocycles. The Morgan fingerprint density at radius 1 is 0.702 bits per heavy atom. The van der Waals surface area contributed by atoms with Gasteiger partial charge in [-0.05, 0) is 34.4 Å². The number of amides is 2. The molecule has 0 radical (unpaired) electrons. The number of alkyl carbamates (subject to hydrolysis) is 1. The number of guanidine groups is 1. The van der Waals surface area contributed by atoms with Gasteiger partial charge in [-0.2, -0.15) is 0 Å². The second-order valence-corrected chi connectivity index (χ2v) is 10.1. The van der Waals surface area contributed by atoms with Crippen molar-refractivity contribution in [2.75, 3.05) is 12.0 Å². The molecule has 0 bridgehead atoms. The topological polar surface area (TPSA) is 170 Å². The number of ether oxygens (including phenoxy) is 4. The third kappa shape index (κ3) is 9.74. The molecule has 2 atom stereocenters. The predicted molar refractivity (Wildman–Crippen MR) is 172 cm³/mol. The van der Waals surface area contributed by atoms with Crippen molar-refractivity contribution in [3.63, 3.8) is 0 Å². The fourth-order valence-corrected chi connectivity index (χ4v) is 4.46. The lowest BCUT2D eigenvalue weighted by Gasteiger charge is -2.25. The second kappa shape index (κ2) is 16.9. The number of carbonyl (C=O) groups is 4. The van der Waals surface area contributed by atoms with E-state index in [1.165, 1.54) is 24.3 Å². The van der Waals surface area contributed by atoms with E-state index in [2.05, 4.69) is 5.32 Å². The summed E-state index contributed by atoms with van der Waals surface area (Å²) in [7, 11) is 1.14. The first-order chi connectivity index (χ1) is 22.8. The van der Waals surface area contributed by atoms with Gasteiger partial charge in [0.25, 0.3) is 0 Å². The van der Waals surface area contributed by atoms with E-state index in [1.54, 1.807) is 72.8 Å². The quantitative estimate of drug-likeness (QED) is 0.0883. The average molecular weight is 639 g/mol. The van der Waals surface area contributed by atoms with Crippen LogP contribution in [0.1, 0.15) is 28.2 Å². The smallest absolute Gasteiger partial charge is 0.421 e.